The summed E-state index contributed by atoms with van der Waals surface area (Å²) in [5, 5.41) is 8.69. The Morgan fingerprint density at radius 3 is 2.31 bits per heavy atom. The number of carboxylic acids is 1. The molecular formula is C24H30N2O3. The first kappa shape index (κ1) is 20.9. The standard InChI is InChI=1S/C24H30N2O3/c1-19-13-15-21(16-14-19)26-22(20-10-6-5-7-11-20)18-25(24(26)29)17-9-4-2-3-8-12-23(27)28/h5-7,10-11,13-16,22H,2-4,8-9,12,17-18H2,1H3,(H,27,28). The van der Waals surface area contributed by atoms with Crippen molar-refractivity contribution in [2.24, 2.45) is 0 Å². The van der Waals surface area contributed by atoms with Crippen LogP contribution in [-0.4, -0.2) is 35.1 Å². The summed E-state index contributed by atoms with van der Waals surface area (Å²) in [6, 6.07) is 18.4. The van der Waals surface area contributed by atoms with Crippen LogP contribution in [0, 0.1) is 6.92 Å². The minimum atomic E-state index is -0.726. The summed E-state index contributed by atoms with van der Waals surface area (Å²) >= 11 is 0. The smallest absolute Gasteiger partial charge is 0.325 e. The molecule has 1 atom stereocenters. The predicted molar refractivity (Wildman–Crippen MR) is 115 cm³/mol. The van der Waals surface area contributed by atoms with E-state index in [2.05, 4.69) is 12.1 Å². The lowest BCUT2D eigenvalue weighted by molar-refractivity contribution is -0.137. The molecule has 29 heavy (non-hydrogen) atoms. The van der Waals surface area contributed by atoms with Gasteiger partial charge in [-0.05, 0) is 37.5 Å². The third-order valence-electron chi connectivity index (χ3n) is 5.50. The molecule has 0 saturated carbocycles. The Morgan fingerprint density at radius 1 is 0.966 bits per heavy atom. The van der Waals surface area contributed by atoms with E-state index >= 15 is 0 Å². The van der Waals surface area contributed by atoms with Crippen molar-refractivity contribution in [3.05, 3.63) is 65.7 Å². The van der Waals surface area contributed by atoms with E-state index < -0.39 is 5.97 Å². The highest BCUT2D eigenvalue weighted by Gasteiger charge is 2.38. The number of anilines is 1. The topological polar surface area (TPSA) is 60.9 Å². The quantitative estimate of drug-likeness (QED) is 0.549. The van der Waals surface area contributed by atoms with Crippen molar-refractivity contribution in [3.63, 3.8) is 0 Å². The number of hydrogen-bond acceptors (Lipinski definition) is 2. The van der Waals surface area contributed by atoms with Gasteiger partial charge in [-0.15, -0.1) is 0 Å². The van der Waals surface area contributed by atoms with Gasteiger partial charge in [0.25, 0.3) is 0 Å². The molecular weight excluding hydrogens is 364 g/mol. The highest BCUT2D eigenvalue weighted by molar-refractivity contribution is 5.95. The lowest BCUT2D eigenvalue weighted by atomic mass is 10.1. The van der Waals surface area contributed by atoms with E-state index in [-0.39, 0.29) is 18.5 Å². The van der Waals surface area contributed by atoms with Crippen LogP contribution in [0.25, 0.3) is 0 Å². The summed E-state index contributed by atoms with van der Waals surface area (Å²) in [7, 11) is 0. The van der Waals surface area contributed by atoms with Crippen molar-refractivity contribution in [2.45, 2.75) is 51.5 Å². The zero-order chi connectivity index (χ0) is 20.6. The molecule has 0 aliphatic carbocycles. The molecule has 1 aliphatic heterocycles. The lowest BCUT2D eigenvalue weighted by Crippen LogP contribution is -2.33. The molecule has 154 valence electrons. The molecule has 1 N–H and O–H groups in total. The first-order chi connectivity index (χ1) is 14.1. The Kier molecular flexibility index (Phi) is 7.28. The second-order valence-electron chi connectivity index (χ2n) is 7.77. The number of aliphatic carboxylic acids is 1. The monoisotopic (exact) mass is 394 g/mol. The van der Waals surface area contributed by atoms with Crippen LogP contribution in [0.15, 0.2) is 54.6 Å². The largest absolute Gasteiger partial charge is 0.481 e. The zero-order valence-electron chi connectivity index (χ0n) is 17.1. The van der Waals surface area contributed by atoms with E-state index in [4.69, 9.17) is 5.11 Å². The van der Waals surface area contributed by atoms with Crippen LogP contribution in [0.2, 0.25) is 0 Å². The fraction of sp³-hybridized carbons (Fsp3) is 0.417. The van der Waals surface area contributed by atoms with E-state index in [1.54, 1.807) is 0 Å². The molecule has 1 heterocycles. The Balaban J connectivity index is 1.62. The number of rotatable bonds is 10. The van der Waals surface area contributed by atoms with Crippen LogP contribution in [0.1, 0.15) is 55.7 Å². The van der Waals surface area contributed by atoms with E-state index in [1.165, 1.54) is 5.56 Å². The highest BCUT2D eigenvalue weighted by atomic mass is 16.4. The van der Waals surface area contributed by atoms with Gasteiger partial charge in [-0.25, -0.2) is 4.79 Å². The minimum absolute atomic E-state index is 0.0157. The Labute approximate surface area is 172 Å². The van der Waals surface area contributed by atoms with Crippen molar-refractivity contribution < 1.29 is 14.7 Å². The molecule has 1 aliphatic rings. The summed E-state index contributed by atoms with van der Waals surface area (Å²) in [4.78, 5) is 27.6. The molecule has 1 fully saturated rings. The maximum Gasteiger partial charge on any atom is 0.325 e. The molecule has 2 amide bonds. The van der Waals surface area contributed by atoms with Crippen LogP contribution >= 0.6 is 0 Å². The van der Waals surface area contributed by atoms with Gasteiger partial charge in [-0.3, -0.25) is 9.69 Å². The molecule has 1 unspecified atom stereocenters. The fourth-order valence-electron chi connectivity index (χ4n) is 3.88. The number of carbonyl (C=O) groups is 2. The first-order valence-corrected chi connectivity index (χ1v) is 10.5. The number of hydrogen-bond donors (Lipinski definition) is 1. The average molecular weight is 395 g/mol. The number of amides is 2. The van der Waals surface area contributed by atoms with Crippen molar-refractivity contribution in [3.8, 4) is 0 Å². The predicted octanol–water partition coefficient (Wildman–Crippen LogP) is 5.40. The van der Waals surface area contributed by atoms with Crippen molar-refractivity contribution in [2.75, 3.05) is 18.0 Å². The number of benzene rings is 2. The van der Waals surface area contributed by atoms with Crippen molar-refractivity contribution >= 4 is 17.7 Å². The molecule has 2 aromatic carbocycles. The molecule has 0 radical (unpaired) electrons. The van der Waals surface area contributed by atoms with Gasteiger partial charge in [0.05, 0.1) is 6.04 Å². The number of urea groups is 1. The maximum absolute atomic E-state index is 13.2. The Hall–Kier alpha value is -2.82. The number of unbranched alkanes of at least 4 members (excludes halogenated alkanes) is 4. The molecule has 0 bridgehead atoms. The second kappa shape index (κ2) is 10.1. The van der Waals surface area contributed by atoms with E-state index in [0.29, 0.717) is 6.54 Å². The second-order valence-corrected chi connectivity index (χ2v) is 7.77. The molecule has 5 nitrogen and oxygen atoms in total. The van der Waals surface area contributed by atoms with Gasteiger partial charge in [0, 0.05) is 25.2 Å². The lowest BCUT2D eigenvalue weighted by Gasteiger charge is -2.23. The Bertz CT molecular complexity index is 805. The number of aryl methyl sites for hydroxylation is 1. The molecule has 1 saturated heterocycles. The third kappa shape index (κ3) is 5.59. The first-order valence-electron chi connectivity index (χ1n) is 10.5. The van der Waals surface area contributed by atoms with Crippen LogP contribution in [0.3, 0.4) is 0 Å². The normalized spacial score (nSPS) is 16.4. The average Bonchev–Trinajstić information content (AvgIpc) is 3.05. The zero-order valence-corrected chi connectivity index (χ0v) is 17.1. The van der Waals surface area contributed by atoms with E-state index in [9.17, 15) is 9.59 Å². The SMILES string of the molecule is Cc1ccc(N2C(=O)N(CCCCCCCC(=O)O)CC2c2ccccc2)cc1. The summed E-state index contributed by atoms with van der Waals surface area (Å²) in [5.74, 6) is -0.726. The van der Waals surface area contributed by atoms with Gasteiger partial charge in [-0.2, -0.15) is 0 Å². The van der Waals surface area contributed by atoms with Crippen LogP contribution in [0.5, 0.6) is 0 Å². The van der Waals surface area contributed by atoms with E-state index in [1.807, 2.05) is 59.2 Å². The fourth-order valence-corrected chi connectivity index (χ4v) is 3.88. The molecule has 5 heteroatoms. The minimum Gasteiger partial charge on any atom is -0.481 e. The van der Waals surface area contributed by atoms with Gasteiger partial charge >= 0.3 is 12.0 Å². The third-order valence-corrected chi connectivity index (χ3v) is 5.50. The summed E-state index contributed by atoms with van der Waals surface area (Å²) in [6.07, 6.45) is 4.89. The Morgan fingerprint density at radius 2 is 1.62 bits per heavy atom. The van der Waals surface area contributed by atoms with Crippen molar-refractivity contribution in [1.82, 2.24) is 4.90 Å². The molecule has 3 rings (SSSR count). The number of carbonyl (C=O) groups excluding carboxylic acids is 1. The van der Waals surface area contributed by atoms with Crippen molar-refractivity contribution in [1.29, 1.82) is 0 Å². The van der Waals surface area contributed by atoms with Crippen LogP contribution < -0.4 is 4.90 Å². The van der Waals surface area contributed by atoms with Gasteiger partial charge in [0.1, 0.15) is 0 Å². The molecule has 0 spiro atoms. The van der Waals surface area contributed by atoms with Gasteiger partial charge in [-0.1, -0.05) is 67.3 Å². The molecule has 0 aromatic heterocycles. The van der Waals surface area contributed by atoms with Gasteiger partial charge in [0.15, 0.2) is 0 Å². The maximum atomic E-state index is 13.2. The van der Waals surface area contributed by atoms with Gasteiger partial charge in [0.2, 0.25) is 0 Å². The highest BCUT2D eigenvalue weighted by Crippen LogP contribution is 2.34. The van der Waals surface area contributed by atoms with E-state index in [0.717, 1.165) is 49.9 Å². The molecule has 2 aromatic rings. The number of carboxylic acid groups (broad SMARTS) is 1. The summed E-state index contributed by atoms with van der Waals surface area (Å²) in [5.41, 5.74) is 3.26. The van der Waals surface area contributed by atoms with Crippen LogP contribution in [0.4, 0.5) is 10.5 Å². The van der Waals surface area contributed by atoms with Gasteiger partial charge < -0.3 is 10.0 Å². The van der Waals surface area contributed by atoms with Crippen LogP contribution in [-0.2, 0) is 4.79 Å². The number of nitrogens with zero attached hydrogens (tertiary/aromatic N) is 2. The summed E-state index contributed by atoms with van der Waals surface area (Å²) < 4.78 is 0. The summed E-state index contributed by atoms with van der Waals surface area (Å²) in [6.45, 7) is 3.48.